The van der Waals surface area contributed by atoms with Crippen molar-refractivity contribution in [1.82, 2.24) is 20.1 Å². The molecule has 1 aliphatic heterocycles. The highest BCUT2D eigenvalue weighted by Crippen LogP contribution is 2.16. The van der Waals surface area contributed by atoms with E-state index in [-0.39, 0.29) is 23.3 Å². The highest BCUT2D eigenvalue weighted by molar-refractivity contribution is 5.97. The maximum atomic E-state index is 12.6. The summed E-state index contributed by atoms with van der Waals surface area (Å²) in [5.74, 6) is 0.288. The van der Waals surface area contributed by atoms with Crippen molar-refractivity contribution in [3.8, 4) is 5.75 Å². The van der Waals surface area contributed by atoms with Crippen molar-refractivity contribution in [3.63, 3.8) is 0 Å². The minimum atomic E-state index is -0.341. The van der Waals surface area contributed by atoms with Crippen LogP contribution in [0.2, 0.25) is 0 Å². The van der Waals surface area contributed by atoms with E-state index in [4.69, 9.17) is 10.5 Å². The van der Waals surface area contributed by atoms with Gasteiger partial charge >= 0.3 is 0 Å². The van der Waals surface area contributed by atoms with Gasteiger partial charge in [-0.25, -0.2) is 4.63 Å². The highest BCUT2D eigenvalue weighted by Gasteiger charge is 2.28. The lowest BCUT2D eigenvalue weighted by Crippen LogP contribution is -2.50. The van der Waals surface area contributed by atoms with Gasteiger partial charge < -0.3 is 20.3 Å². The first-order valence-corrected chi connectivity index (χ1v) is 7.99. The summed E-state index contributed by atoms with van der Waals surface area (Å²) in [7, 11) is 0. The molecule has 25 heavy (non-hydrogen) atoms. The molecule has 0 atom stereocenters. The summed E-state index contributed by atoms with van der Waals surface area (Å²) in [6.07, 6.45) is 0. The van der Waals surface area contributed by atoms with Gasteiger partial charge in [0.05, 0.1) is 6.61 Å². The summed E-state index contributed by atoms with van der Waals surface area (Å²) in [6, 6.07) is 7.03. The van der Waals surface area contributed by atoms with Crippen LogP contribution in [0.5, 0.6) is 5.75 Å². The third kappa shape index (κ3) is 3.54. The molecular formula is C16H19N5O4. The van der Waals surface area contributed by atoms with Gasteiger partial charge in [-0.1, -0.05) is 0 Å². The van der Waals surface area contributed by atoms with Crippen molar-refractivity contribution in [2.45, 2.75) is 6.92 Å². The summed E-state index contributed by atoms with van der Waals surface area (Å²) >= 11 is 0. The molecule has 2 N–H and O–H groups in total. The predicted molar refractivity (Wildman–Crippen MR) is 88.1 cm³/mol. The summed E-state index contributed by atoms with van der Waals surface area (Å²) in [5.41, 5.74) is 6.14. The van der Waals surface area contributed by atoms with Crippen LogP contribution in [0.1, 0.15) is 27.8 Å². The highest BCUT2D eigenvalue weighted by atomic mass is 16.6. The normalized spacial score (nSPS) is 14.4. The second-order valence-corrected chi connectivity index (χ2v) is 5.54. The van der Waals surface area contributed by atoms with E-state index >= 15 is 0 Å². The SMILES string of the molecule is CCOc1ccc(C(=O)N2CCN(C(=O)c3nonc3N)CC2)cc1. The first-order chi connectivity index (χ1) is 12.1. The zero-order chi connectivity index (χ0) is 17.8. The lowest BCUT2D eigenvalue weighted by molar-refractivity contribution is 0.0530. The quantitative estimate of drug-likeness (QED) is 0.865. The van der Waals surface area contributed by atoms with Crippen molar-refractivity contribution in [1.29, 1.82) is 0 Å². The summed E-state index contributed by atoms with van der Waals surface area (Å²) in [4.78, 5) is 28.1. The summed E-state index contributed by atoms with van der Waals surface area (Å²) in [5, 5.41) is 6.93. The Morgan fingerprint density at radius 2 is 1.68 bits per heavy atom. The molecule has 1 aliphatic rings. The molecule has 9 nitrogen and oxygen atoms in total. The van der Waals surface area contributed by atoms with Crippen LogP contribution in [-0.2, 0) is 0 Å². The Hall–Kier alpha value is -3.10. The number of carbonyl (C=O) groups is 2. The smallest absolute Gasteiger partial charge is 0.280 e. The molecule has 132 valence electrons. The zero-order valence-corrected chi connectivity index (χ0v) is 13.8. The number of ether oxygens (including phenoxy) is 1. The molecule has 0 unspecified atom stereocenters. The summed E-state index contributed by atoms with van der Waals surface area (Å²) in [6.45, 7) is 4.14. The van der Waals surface area contributed by atoms with Crippen LogP contribution in [0.15, 0.2) is 28.9 Å². The van der Waals surface area contributed by atoms with E-state index in [1.807, 2.05) is 6.92 Å². The molecule has 0 radical (unpaired) electrons. The number of hydrogen-bond donors (Lipinski definition) is 1. The minimum absolute atomic E-state index is 0.00582. The molecule has 0 aliphatic carbocycles. The molecule has 1 fully saturated rings. The van der Waals surface area contributed by atoms with E-state index in [1.54, 1.807) is 34.1 Å². The average molecular weight is 345 g/mol. The van der Waals surface area contributed by atoms with E-state index < -0.39 is 0 Å². The van der Waals surface area contributed by atoms with Crippen LogP contribution in [0.4, 0.5) is 5.82 Å². The number of rotatable bonds is 4. The number of benzene rings is 1. The van der Waals surface area contributed by atoms with Crippen LogP contribution >= 0.6 is 0 Å². The largest absolute Gasteiger partial charge is 0.494 e. The van der Waals surface area contributed by atoms with Gasteiger partial charge in [0, 0.05) is 31.7 Å². The van der Waals surface area contributed by atoms with Crippen molar-refractivity contribution in [3.05, 3.63) is 35.5 Å². The number of anilines is 1. The third-order valence-electron chi connectivity index (χ3n) is 3.98. The zero-order valence-electron chi connectivity index (χ0n) is 13.8. The number of amides is 2. The molecule has 2 amide bonds. The molecule has 1 aromatic carbocycles. The molecule has 3 rings (SSSR count). The Labute approximate surface area is 144 Å². The maximum absolute atomic E-state index is 12.6. The van der Waals surface area contributed by atoms with Crippen molar-refractivity contribution in [2.24, 2.45) is 0 Å². The van der Waals surface area contributed by atoms with Crippen molar-refractivity contribution >= 4 is 17.6 Å². The van der Waals surface area contributed by atoms with Gasteiger partial charge in [0.1, 0.15) is 5.75 Å². The minimum Gasteiger partial charge on any atom is -0.494 e. The number of nitrogen functional groups attached to an aromatic ring is 1. The van der Waals surface area contributed by atoms with Crippen LogP contribution in [0, 0.1) is 0 Å². The van der Waals surface area contributed by atoms with Gasteiger partial charge in [-0.3, -0.25) is 9.59 Å². The standard InChI is InChI=1S/C16H19N5O4/c1-2-24-12-5-3-11(4-6-12)15(22)20-7-9-21(10-8-20)16(23)13-14(17)19-25-18-13/h3-6H,2,7-10H2,1H3,(H2,17,19). The molecule has 2 heterocycles. The fraction of sp³-hybridized carbons (Fsp3) is 0.375. The molecule has 0 spiro atoms. The van der Waals surface area contributed by atoms with Crippen molar-refractivity contribution in [2.75, 3.05) is 38.5 Å². The second-order valence-electron chi connectivity index (χ2n) is 5.54. The average Bonchev–Trinajstić information content (AvgIpc) is 3.07. The fourth-order valence-corrected chi connectivity index (χ4v) is 2.65. The van der Waals surface area contributed by atoms with E-state index in [2.05, 4.69) is 14.9 Å². The Morgan fingerprint density at radius 1 is 1.08 bits per heavy atom. The molecule has 9 heteroatoms. The van der Waals surface area contributed by atoms with Crippen LogP contribution in [-0.4, -0.2) is 64.7 Å². The van der Waals surface area contributed by atoms with E-state index in [1.165, 1.54) is 0 Å². The van der Waals surface area contributed by atoms with Gasteiger partial charge in [-0.15, -0.1) is 0 Å². The molecule has 2 aromatic rings. The Balaban J connectivity index is 1.59. The van der Waals surface area contributed by atoms with E-state index in [9.17, 15) is 9.59 Å². The van der Waals surface area contributed by atoms with E-state index in [0.717, 1.165) is 5.75 Å². The maximum Gasteiger partial charge on any atom is 0.280 e. The van der Waals surface area contributed by atoms with Crippen LogP contribution in [0.3, 0.4) is 0 Å². The van der Waals surface area contributed by atoms with Crippen molar-refractivity contribution < 1.29 is 19.0 Å². The van der Waals surface area contributed by atoms with Gasteiger partial charge in [-0.2, -0.15) is 0 Å². The van der Waals surface area contributed by atoms with E-state index in [0.29, 0.717) is 38.3 Å². The Bertz CT molecular complexity index is 750. The molecule has 1 aromatic heterocycles. The fourth-order valence-electron chi connectivity index (χ4n) is 2.65. The Kier molecular flexibility index (Phi) is 4.82. The third-order valence-corrected chi connectivity index (χ3v) is 3.98. The number of nitrogens with zero attached hydrogens (tertiary/aromatic N) is 4. The first-order valence-electron chi connectivity index (χ1n) is 7.99. The number of aromatic nitrogens is 2. The molecular weight excluding hydrogens is 326 g/mol. The Morgan fingerprint density at radius 3 is 2.20 bits per heavy atom. The molecule has 0 bridgehead atoms. The first kappa shape index (κ1) is 16.7. The number of carbonyl (C=O) groups excluding carboxylic acids is 2. The number of nitrogens with two attached hydrogens (primary N) is 1. The van der Waals surface area contributed by atoms with Crippen LogP contribution < -0.4 is 10.5 Å². The van der Waals surface area contributed by atoms with Crippen LogP contribution in [0.25, 0.3) is 0 Å². The van der Waals surface area contributed by atoms with Gasteiger partial charge in [0.25, 0.3) is 11.8 Å². The number of hydrogen-bond acceptors (Lipinski definition) is 7. The summed E-state index contributed by atoms with van der Waals surface area (Å²) < 4.78 is 9.83. The molecule has 1 saturated heterocycles. The topological polar surface area (TPSA) is 115 Å². The predicted octanol–water partition coefficient (Wildman–Crippen LogP) is 0.649. The lowest BCUT2D eigenvalue weighted by atomic mass is 10.1. The monoisotopic (exact) mass is 345 g/mol. The van der Waals surface area contributed by atoms with Gasteiger partial charge in [-0.05, 0) is 41.5 Å². The molecule has 0 saturated carbocycles. The van der Waals surface area contributed by atoms with Gasteiger partial charge in [0.15, 0.2) is 0 Å². The number of piperazine rings is 1. The lowest BCUT2D eigenvalue weighted by Gasteiger charge is -2.34. The van der Waals surface area contributed by atoms with Gasteiger partial charge in [0.2, 0.25) is 11.5 Å². The second kappa shape index (κ2) is 7.20.